The first-order chi connectivity index (χ1) is 10.1. The van der Waals surface area contributed by atoms with E-state index in [9.17, 15) is 9.59 Å². The van der Waals surface area contributed by atoms with Gasteiger partial charge in [-0.25, -0.2) is 4.79 Å². The van der Waals surface area contributed by atoms with Crippen LogP contribution in [0.2, 0.25) is 0 Å². The van der Waals surface area contributed by atoms with Crippen molar-refractivity contribution in [3.8, 4) is 0 Å². The number of para-hydroxylation sites is 1. The van der Waals surface area contributed by atoms with Crippen LogP contribution in [0.1, 0.15) is 41.6 Å². The van der Waals surface area contributed by atoms with E-state index >= 15 is 0 Å². The molecule has 0 atom stereocenters. The molecular weight excluding hydrogens is 266 g/mol. The second-order valence-corrected chi connectivity index (χ2v) is 5.87. The van der Waals surface area contributed by atoms with E-state index in [1.165, 1.54) is 0 Å². The summed E-state index contributed by atoms with van der Waals surface area (Å²) in [5.41, 5.74) is 2.13. The minimum absolute atomic E-state index is 0.0120. The van der Waals surface area contributed by atoms with Crippen molar-refractivity contribution in [2.45, 2.75) is 38.6 Å². The van der Waals surface area contributed by atoms with Crippen LogP contribution in [0.3, 0.4) is 0 Å². The maximum Gasteiger partial charge on any atom is 0.319 e. The Labute approximate surface area is 124 Å². The molecule has 0 aromatic heterocycles. The number of rotatable bonds is 3. The molecule has 3 amide bonds. The van der Waals surface area contributed by atoms with Gasteiger partial charge >= 0.3 is 6.03 Å². The number of aryl methyl sites for hydroxylation is 1. The summed E-state index contributed by atoms with van der Waals surface area (Å²) >= 11 is 0. The van der Waals surface area contributed by atoms with Crippen molar-refractivity contribution in [2.75, 3.05) is 18.4 Å². The topological polar surface area (TPSA) is 61.4 Å². The van der Waals surface area contributed by atoms with Crippen LogP contribution < -0.4 is 10.6 Å². The van der Waals surface area contributed by atoms with Gasteiger partial charge in [0.15, 0.2) is 0 Å². The van der Waals surface area contributed by atoms with Crippen molar-refractivity contribution in [1.82, 2.24) is 10.2 Å². The van der Waals surface area contributed by atoms with Gasteiger partial charge in [0.05, 0.1) is 11.3 Å². The molecule has 1 aliphatic heterocycles. The molecule has 0 spiro atoms. The third kappa shape index (κ3) is 3.17. The highest BCUT2D eigenvalue weighted by atomic mass is 16.2. The molecule has 5 heteroatoms. The fraction of sp³-hybridized carbons (Fsp3) is 0.500. The van der Waals surface area contributed by atoms with E-state index in [0.29, 0.717) is 17.3 Å². The number of hydrogen-bond acceptors (Lipinski definition) is 2. The number of urea groups is 1. The Morgan fingerprint density at radius 1 is 1.19 bits per heavy atom. The average Bonchev–Trinajstić information content (AvgIpc) is 3.10. The zero-order valence-corrected chi connectivity index (χ0v) is 12.3. The highest BCUT2D eigenvalue weighted by Crippen LogP contribution is 2.24. The van der Waals surface area contributed by atoms with Crippen LogP contribution in [0.25, 0.3) is 0 Å². The molecule has 1 saturated carbocycles. The van der Waals surface area contributed by atoms with Gasteiger partial charge in [-0.15, -0.1) is 0 Å². The molecule has 112 valence electrons. The summed E-state index contributed by atoms with van der Waals surface area (Å²) in [7, 11) is 0. The van der Waals surface area contributed by atoms with E-state index in [1.807, 2.05) is 24.0 Å². The second-order valence-electron chi connectivity index (χ2n) is 5.87. The largest absolute Gasteiger partial charge is 0.339 e. The van der Waals surface area contributed by atoms with Crippen molar-refractivity contribution in [2.24, 2.45) is 0 Å². The summed E-state index contributed by atoms with van der Waals surface area (Å²) in [4.78, 5) is 26.4. The van der Waals surface area contributed by atoms with E-state index in [4.69, 9.17) is 0 Å². The Morgan fingerprint density at radius 3 is 2.57 bits per heavy atom. The van der Waals surface area contributed by atoms with Crippen molar-refractivity contribution in [1.29, 1.82) is 0 Å². The van der Waals surface area contributed by atoms with Crippen molar-refractivity contribution in [3.05, 3.63) is 29.3 Å². The van der Waals surface area contributed by atoms with E-state index in [2.05, 4.69) is 10.6 Å². The van der Waals surface area contributed by atoms with Crippen LogP contribution in [0.5, 0.6) is 0 Å². The second kappa shape index (κ2) is 5.76. The fourth-order valence-electron chi connectivity index (χ4n) is 2.67. The standard InChI is InChI=1S/C16H21N3O2/c1-11-5-4-6-13(15(20)19-9-2-3-10-19)14(11)18-16(21)17-12-7-8-12/h4-6,12H,2-3,7-10H2,1H3,(H2,17,18,21). The molecule has 2 fully saturated rings. The van der Waals surface area contributed by atoms with Gasteiger partial charge in [0.25, 0.3) is 5.91 Å². The lowest BCUT2D eigenvalue weighted by Crippen LogP contribution is -2.33. The molecule has 0 unspecified atom stereocenters. The SMILES string of the molecule is Cc1cccc(C(=O)N2CCCC2)c1NC(=O)NC1CC1. The third-order valence-corrected chi connectivity index (χ3v) is 4.05. The van der Waals surface area contributed by atoms with Gasteiger partial charge < -0.3 is 15.5 Å². The zero-order valence-electron chi connectivity index (χ0n) is 12.3. The molecule has 1 saturated heterocycles. The first-order valence-electron chi connectivity index (χ1n) is 7.61. The van der Waals surface area contributed by atoms with Crippen LogP contribution in [-0.4, -0.2) is 36.0 Å². The van der Waals surface area contributed by atoms with E-state index in [1.54, 1.807) is 6.07 Å². The molecule has 1 aromatic carbocycles. The smallest absolute Gasteiger partial charge is 0.319 e. The highest BCUT2D eigenvalue weighted by molar-refractivity contribution is 6.04. The van der Waals surface area contributed by atoms with Crippen molar-refractivity contribution < 1.29 is 9.59 Å². The monoisotopic (exact) mass is 287 g/mol. The molecule has 0 bridgehead atoms. The van der Waals surface area contributed by atoms with Crippen molar-refractivity contribution in [3.63, 3.8) is 0 Å². The molecule has 1 aromatic rings. The molecule has 5 nitrogen and oxygen atoms in total. The number of benzene rings is 1. The van der Waals surface area contributed by atoms with Gasteiger partial charge in [-0.1, -0.05) is 12.1 Å². The van der Waals surface area contributed by atoms with Crippen molar-refractivity contribution >= 4 is 17.6 Å². The Bertz CT molecular complexity index is 561. The summed E-state index contributed by atoms with van der Waals surface area (Å²) in [6.07, 6.45) is 4.20. The van der Waals surface area contributed by atoms with E-state index in [-0.39, 0.29) is 11.9 Å². The molecule has 1 heterocycles. The van der Waals surface area contributed by atoms with Gasteiger partial charge in [-0.05, 0) is 44.2 Å². The van der Waals surface area contributed by atoms with E-state index < -0.39 is 0 Å². The zero-order chi connectivity index (χ0) is 14.8. The summed E-state index contributed by atoms with van der Waals surface area (Å²) in [5.74, 6) is 0.0120. The van der Waals surface area contributed by atoms with E-state index in [0.717, 1.165) is 44.3 Å². The first-order valence-corrected chi connectivity index (χ1v) is 7.61. The first kappa shape index (κ1) is 13.9. The third-order valence-electron chi connectivity index (χ3n) is 4.05. The quantitative estimate of drug-likeness (QED) is 0.897. The molecule has 0 radical (unpaired) electrons. The number of hydrogen-bond donors (Lipinski definition) is 2. The van der Waals surface area contributed by atoms with Crippen LogP contribution in [0, 0.1) is 6.92 Å². The number of anilines is 1. The number of nitrogens with one attached hydrogen (secondary N) is 2. The lowest BCUT2D eigenvalue weighted by Gasteiger charge is -2.19. The summed E-state index contributed by atoms with van der Waals surface area (Å²) in [6, 6.07) is 5.64. The molecule has 2 aliphatic rings. The lowest BCUT2D eigenvalue weighted by atomic mass is 10.1. The van der Waals surface area contributed by atoms with Crippen LogP contribution in [0.15, 0.2) is 18.2 Å². The van der Waals surface area contributed by atoms with Crippen LogP contribution >= 0.6 is 0 Å². The van der Waals surface area contributed by atoms with Gasteiger partial charge in [0, 0.05) is 19.1 Å². The minimum Gasteiger partial charge on any atom is -0.339 e. The summed E-state index contributed by atoms with van der Waals surface area (Å²) < 4.78 is 0. The highest BCUT2D eigenvalue weighted by Gasteiger charge is 2.26. The Hall–Kier alpha value is -2.04. The maximum atomic E-state index is 12.6. The molecule has 2 N–H and O–H groups in total. The maximum absolute atomic E-state index is 12.6. The number of amides is 3. The predicted octanol–water partition coefficient (Wildman–Crippen LogP) is 2.51. The molecule has 3 rings (SSSR count). The summed E-state index contributed by atoms with van der Waals surface area (Å²) in [5, 5.41) is 5.75. The predicted molar refractivity (Wildman–Crippen MR) is 81.5 cm³/mol. The van der Waals surface area contributed by atoms with Crippen LogP contribution in [0.4, 0.5) is 10.5 Å². The molecule has 21 heavy (non-hydrogen) atoms. The van der Waals surface area contributed by atoms with Gasteiger partial charge in [0.2, 0.25) is 0 Å². The summed E-state index contributed by atoms with van der Waals surface area (Å²) in [6.45, 7) is 3.52. The number of carbonyl (C=O) groups is 2. The molecular formula is C16H21N3O2. The normalized spacial score (nSPS) is 17.7. The van der Waals surface area contributed by atoms with Gasteiger partial charge in [-0.2, -0.15) is 0 Å². The van der Waals surface area contributed by atoms with Gasteiger partial charge in [-0.3, -0.25) is 4.79 Å². The number of carbonyl (C=O) groups excluding carboxylic acids is 2. The molecule has 1 aliphatic carbocycles. The minimum atomic E-state index is -0.220. The lowest BCUT2D eigenvalue weighted by molar-refractivity contribution is 0.0794. The fourth-order valence-corrected chi connectivity index (χ4v) is 2.67. The van der Waals surface area contributed by atoms with Gasteiger partial charge in [0.1, 0.15) is 0 Å². The average molecular weight is 287 g/mol. The Kier molecular flexibility index (Phi) is 3.82. The number of nitrogens with zero attached hydrogens (tertiary/aromatic N) is 1. The van der Waals surface area contributed by atoms with Crippen LogP contribution in [-0.2, 0) is 0 Å². The number of likely N-dealkylation sites (tertiary alicyclic amines) is 1. The Morgan fingerprint density at radius 2 is 1.90 bits per heavy atom. The Balaban J connectivity index is 1.80.